The van der Waals surface area contributed by atoms with Crippen molar-refractivity contribution in [3.05, 3.63) is 57.5 Å². The van der Waals surface area contributed by atoms with Gasteiger partial charge in [0.1, 0.15) is 11.3 Å². The number of hydrogen-bond donors (Lipinski definition) is 2. The number of aliphatic carboxylic acids is 1. The summed E-state index contributed by atoms with van der Waals surface area (Å²) in [5.74, 6) is -1.19. The fourth-order valence-corrected chi connectivity index (χ4v) is 4.50. The van der Waals surface area contributed by atoms with Crippen molar-refractivity contribution in [1.82, 2.24) is 9.55 Å². The number of aliphatic hydroxyl groups excluding tert-OH is 1. The van der Waals surface area contributed by atoms with Gasteiger partial charge in [-0.25, -0.2) is 4.98 Å². The molecule has 31 heavy (non-hydrogen) atoms. The minimum atomic E-state index is -0.792. The lowest BCUT2D eigenvalue weighted by Gasteiger charge is -2.33. The summed E-state index contributed by atoms with van der Waals surface area (Å²) in [5.41, 5.74) is 2.89. The average Bonchev–Trinajstić information content (AvgIpc) is 2.78. The third-order valence-electron chi connectivity index (χ3n) is 5.89. The third-order valence-corrected chi connectivity index (χ3v) is 6.13. The number of hydrogen-bond acceptors (Lipinski definition) is 5. The predicted molar refractivity (Wildman–Crippen MR) is 121 cm³/mol. The summed E-state index contributed by atoms with van der Waals surface area (Å²) in [4.78, 5) is 31.6. The van der Waals surface area contributed by atoms with E-state index in [1.165, 1.54) is 0 Å². The van der Waals surface area contributed by atoms with Gasteiger partial charge in [0, 0.05) is 35.6 Å². The van der Waals surface area contributed by atoms with Crippen LogP contribution in [0.5, 0.6) is 0 Å². The van der Waals surface area contributed by atoms with Gasteiger partial charge in [-0.15, -0.1) is 0 Å². The molecule has 0 atom stereocenters. The van der Waals surface area contributed by atoms with Crippen LogP contribution in [0.2, 0.25) is 5.02 Å². The van der Waals surface area contributed by atoms with Crippen LogP contribution in [0.4, 0.5) is 5.69 Å². The van der Waals surface area contributed by atoms with Crippen LogP contribution in [0, 0.1) is 5.92 Å². The second-order valence-electron chi connectivity index (χ2n) is 7.71. The smallest absolute Gasteiger partial charge is 0.306 e. The highest BCUT2D eigenvalue weighted by Gasteiger charge is 2.29. The SMILES string of the molecule is CCn1c(=O)c(N2CCC(C(=O)O)CC2)c(-c2cccc(Cl)c2)c2ccc(CO)nc21. The second kappa shape index (κ2) is 8.69. The summed E-state index contributed by atoms with van der Waals surface area (Å²) in [6.45, 7) is 3.05. The second-order valence-corrected chi connectivity index (χ2v) is 8.15. The molecule has 0 saturated carbocycles. The third kappa shape index (κ3) is 3.91. The fourth-order valence-electron chi connectivity index (χ4n) is 4.31. The number of aromatic nitrogens is 2. The maximum absolute atomic E-state index is 13.7. The molecule has 7 nitrogen and oxygen atoms in total. The molecule has 2 aromatic heterocycles. The predicted octanol–water partition coefficient (Wildman–Crippen LogP) is 3.53. The van der Waals surface area contributed by atoms with Crippen molar-refractivity contribution >= 4 is 34.3 Å². The Bertz CT molecular complexity index is 1200. The van der Waals surface area contributed by atoms with Gasteiger partial charge < -0.3 is 15.1 Å². The molecular weight excluding hydrogens is 418 g/mol. The Morgan fingerprint density at radius 2 is 1.97 bits per heavy atom. The molecule has 0 spiro atoms. The number of nitrogens with zero attached hydrogens (tertiary/aromatic N) is 3. The van der Waals surface area contributed by atoms with Crippen LogP contribution in [-0.2, 0) is 17.9 Å². The molecule has 0 radical (unpaired) electrons. The van der Waals surface area contributed by atoms with E-state index in [4.69, 9.17) is 11.6 Å². The zero-order valence-corrected chi connectivity index (χ0v) is 18.0. The van der Waals surface area contributed by atoms with Crippen LogP contribution in [0.3, 0.4) is 0 Å². The molecule has 1 aromatic carbocycles. The van der Waals surface area contributed by atoms with Gasteiger partial charge in [0.15, 0.2) is 0 Å². The Morgan fingerprint density at radius 1 is 1.23 bits per heavy atom. The Kier molecular flexibility index (Phi) is 5.98. The number of aryl methyl sites for hydroxylation is 1. The molecule has 0 bridgehead atoms. The van der Waals surface area contributed by atoms with E-state index in [1.807, 2.05) is 36.1 Å². The van der Waals surface area contributed by atoms with Crippen LogP contribution in [0.25, 0.3) is 22.2 Å². The molecule has 162 valence electrons. The number of carbonyl (C=O) groups is 1. The van der Waals surface area contributed by atoms with Crippen molar-refractivity contribution in [3.8, 4) is 11.1 Å². The number of fused-ring (bicyclic) bond motifs is 1. The topological polar surface area (TPSA) is 95.7 Å². The number of carboxylic acids is 1. The van der Waals surface area contributed by atoms with Gasteiger partial charge in [-0.05, 0) is 49.6 Å². The molecular formula is C23H24ClN3O4. The summed E-state index contributed by atoms with van der Waals surface area (Å²) in [7, 11) is 0. The van der Waals surface area contributed by atoms with Gasteiger partial charge >= 0.3 is 5.97 Å². The number of carboxylic acid groups (broad SMARTS) is 1. The number of benzene rings is 1. The summed E-state index contributed by atoms with van der Waals surface area (Å²) in [6.07, 6.45) is 0.964. The van der Waals surface area contributed by atoms with Gasteiger partial charge in [0.2, 0.25) is 0 Å². The van der Waals surface area contributed by atoms with Gasteiger partial charge in [-0.1, -0.05) is 23.7 Å². The number of aliphatic hydroxyl groups is 1. The first-order valence-corrected chi connectivity index (χ1v) is 10.7. The molecule has 8 heteroatoms. The van der Waals surface area contributed by atoms with Crippen LogP contribution < -0.4 is 10.5 Å². The quantitative estimate of drug-likeness (QED) is 0.628. The summed E-state index contributed by atoms with van der Waals surface area (Å²) < 4.78 is 1.61. The van der Waals surface area contributed by atoms with Crippen molar-refractivity contribution in [1.29, 1.82) is 0 Å². The molecule has 1 aliphatic heterocycles. The van der Waals surface area contributed by atoms with Crippen molar-refractivity contribution < 1.29 is 15.0 Å². The number of rotatable bonds is 5. The molecule has 3 heterocycles. The summed E-state index contributed by atoms with van der Waals surface area (Å²) in [5, 5.41) is 20.3. The van der Waals surface area contributed by atoms with E-state index in [2.05, 4.69) is 4.98 Å². The molecule has 1 fully saturated rings. The van der Waals surface area contributed by atoms with E-state index >= 15 is 0 Å². The minimum absolute atomic E-state index is 0.179. The maximum atomic E-state index is 13.7. The molecule has 0 amide bonds. The van der Waals surface area contributed by atoms with Gasteiger partial charge in [-0.3, -0.25) is 14.2 Å². The molecule has 4 rings (SSSR count). The van der Waals surface area contributed by atoms with Gasteiger partial charge in [0.05, 0.1) is 18.2 Å². The fraction of sp³-hybridized carbons (Fsp3) is 0.348. The summed E-state index contributed by atoms with van der Waals surface area (Å²) in [6, 6.07) is 11.0. The highest BCUT2D eigenvalue weighted by atomic mass is 35.5. The first-order chi connectivity index (χ1) is 14.9. The van der Waals surface area contributed by atoms with E-state index in [0.717, 1.165) is 16.5 Å². The number of anilines is 1. The lowest BCUT2D eigenvalue weighted by Crippen LogP contribution is -2.40. The Hall–Kier alpha value is -2.90. The van der Waals surface area contributed by atoms with Gasteiger partial charge in [-0.2, -0.15) is 0 Å². The monoisotopic (exact) mass is 441 g/mol. The van der Waals surface area contributed by atoms with Crippen molar-refractivity contribution in [2.45, 2.75) is 32.9 Å². The Labute approximate surface area is 184 Å². The lowest BCUT2D eigenvalue weighted by molar-refractivity contribution is -0.142. The Balaban J connectivity index is 2.00. The van der Waals surface area contributed by atoms with Crippen molar-refractivity contribution in [2.24, 2.45) is 5.92 Å². The summed E-state index contributed by atoms with van der Waals surface area (Å²) >= 11 is 6.27. The molecule has 0 aliphatic carbocycles. The minimum Gasteiger partial charge on any atom is -0.481 e. The van der Waals surface area contributed by atoms with Crippen molar-refractivity contribution in [2.75, 3.05) is 18.0 Å². The highest BCUT2D eigenvalue weighted by Crippen LogP contribution is 2.37. The van der Waals surface area contributed by atoms with E-state index in [9.17, 15) is 19.8 Å². The standard InChI is InChI=1S/C23H24ClN3O4/c1-2-27-21-18(7-6-17(13-28)25-21)19(15-4-3-5-16(24)12-15)20(22(27)29)26-10-8-14(9-11-26)23(30)31/h3-7,12,14,28H,2,8-11,13H2,1H3,(H,30,31). The van der Waals surface area contributed by atoms with E-state index in [1.54, 1.807) is 16.7 Å². The Morgan fingerprint density at radius 3 is 2.58 bits per heavy atom. The molecule has 0 unspecified atom stereocenters. The van der Waals surface area contributed by atoms with E-state index in [0.29, 0.717) is 54.5 Å². The molecule has 1 saturated heterocycles. The number of halogens is 1. The molecule has 3 aromatic rings. The van der Waals surface area contributed by atoms with Crippen molar-refractivity contribution in [3.63, 3.8) is 0 Å². The lowest BCUT2D eigenvalue weighted by atomic mass is 9.94. The first-order valence-electron chi connectivity index (χ1n) is 10.4. The zero-order chi connectivity index (χ0) is 22.1. The van der Waals surface area contributed by atoms with Crippen LogP contribution in [-0.4, -0.2) is 38.8 Å². The molecule has 1 aliphatic rings. The average molecular weight is 442 g/mol. The maximum Gasteiger partial charge on any atom is 0.306 e. The van der Waals surface area contributed by atoms with Crippen LogP contribution in [0.15, 0.2) is 41.2 Å². The molecule has 2 N–H and O–H groups in total. The normalized spacial score (nSPS) is 14.9. The van der Waals surface area contributed by atoms with E-state index < -0.39 is 11.9 Å². The van der Waals surface area contributed by atoms with Gasteiger partial charge in [0.25, 0.3) is 5.56 Å². The number of pyridine rings is 2. The van der Waals surface area contributed by atoms with Crippen LogP contribution in [0.1, 0.15) is 25.5 Å². The van der Waals surface area contributed by atoms with Crippen LogP contribution >= 0.6 is 11.6 Å². The highest BCUT2D eigenvalue weighted by molar-refractivity contribution is 6.31. The number of piperidine rings is 1. The first kappa shape index (κ1) is 21.3. The largest absolute Gasteiger partial charge is 0.481 e. The zero-order valence-electron chi connectivity index (χ0n) is 17.2. The van der Waals surface area contributed by atoms with E-state index in [-0.39, 0.29) is 12.2 Å².